The van der Waals surface area contributed by atoms with Crippen LogP contribution in [0, 0.1) is 5.82 Å². The number of carbonyl (C=O) groups is 3. The monoisotopic (exact) mass is 474 g/mol. The highest BCUT2D eigenvalue weighted by Crippen LogP contribution is 2.34. The van der Waals surface area contributed by atoms with E-state index in [1.165, 1.54) is 0 Å². The molecule has 2 saturated heterocycles. The molecule has 0 radical (unpaired) electrons. The van der Waals surface area contributed by atoms with Gasteiger partial charge in [0.15, 0.2) is 0 Å². The summed E-state index contributed by atoms with van der Waals surface area (Å²) in [5.41, 5.74) is -0.806. The number of ether oxygens (including phenoxy) is 2. The van der Waals surface area contributed by atoms with E-state index < -0.39 is 78.5 Å². The van der Waals surface area contributed by atoms with E-state index in [0.29, 0.717) is 26.3 Å². The molecule has 0 spiro atoms. The maximum atomic E-state index is 15.4. The number of benzene rings is 2. The molecule has 3 aliphatic heterocycles. The first-order chi connectivity index (χ1) is 19.4. The average molecular weight is 475 g/mol. The van der Waals surface area contributed by atoms with Gasteiger partial charge in [0, 0.05) is 42.7 Å². The molecule has 3 heterocycles. The number of hydrogen-bond acceptors (Lipinski definition) is 6. The van der Waals surface area contributed by atoms with E-state index >= 15 is 4.39 Å². The van der Waals surface area contributed by atoms with Gasteiger partial charge < -0.3 is 14.4 Å². The normalized spacial score (nSPS) is 26.0. The van der Waals surface area contributed by atoms with Gasteiger partial charge in [-0.3, -0.25) is 24.6 Å². The van der Waals surface area contributed by atoms with Gasteiger partial charge in [-0.1, -0.05) is 18.1 Å². The summed E-state index contributed by atoms with van der Waals surface area (Å²) in [7, 11) is 0. The summed E-state index contributed by atoms with van der Waals surface area (Å²) >= 11 is 0. The minimum absolute atomic E-state index is 0.0402. The number of fused-ring (bicyclic) bond motifs is 1. The molecule has 0 unspecified atom stereocenters. The smallest absolute Gasteiger partial charge is 0.255 e. The van der Waals surface area contributed by atoms with Crippen LogP contribution in [0.5, 0.6) is 5.75 Å². The van der Waals surface area contributed by atoms with Gasteiger partial charge in [-0.2, -0.15) is 0 Å². The number of amides is 3. The molecule has 0 aromatic heterocycles. The number of rotatable bonds is 6. The fourth-order valence-corrected chi connectivity index (χ4v) is 4.07. The van der Waals surface area contributed by atoms with Gasteiger partial charge >= 0.3 is 0 Å². The third kappa shape index (κ3) is 4.53. The number of nitrogens with zero attached hydrogens (tertiary/aromatic N) is 2. The minimum Gasteiger partial charge on any atom is -0.488 e. The zero-order chi connectivity index (χ0) is 29.8. The Bertz CT molecular complexity index is 1460. The number of halogens is 1. The summed E-state index contributed by atoms with van der Waals surface area (Å²) in [6, 6.07) is -5.50. The average Bonchev–Trinajstić information content (AvgIpc) is 3.30. The molecule has 3 amide bonds. The first-order valence-electron chi connectivity index (χ1n) is 14.4. The molecule has 0 aliphatic carbocycles. The van der Waals surface area contributed by atoms with Crippen LogP contribution in [-0.2, 0) is 34.0 Å². The van der Waals surface area contributed by atoms with E-state index in [9.17, 15) is 14.4 Å². The van der Waals surface area contributed by atoms with Gasteiger partial charge in [0.25, 0.3) is 5.91 Å². The van der Waals surface area contributed by atoms with Crippen molar-refractivity contribution in [2.75, 3.05) is 26.3 Å². The third-order valence-electron chi connectivity index (χ3n) is 5.88. The Morgan fingerprint density at radius 3 is 2.82 bits per heavy atom. The van der Waals surface area contributed by atoms with Crippen LogP contribution in [0.3, 0.4) is 0 Å². The second-order valence-electron chi connectivity index (χ2n) is 8.10. The Morgan fingerprint density at radius 1 is 1.21 bits per heavy atom. The molecule has 178 valence electrons. The number of nitrogens with one attached hydrogen (secondary N) is 1. The predicted molar refractivity (Wildman–Crippen MR) is 119 cm³/mol. The van der Waals surface area contributed by atoms with Crippen molar-refractivity contribution < 1.29 is 37.8 Å². The maximum Gasteiger partial charge on any atom is 0.255 e. The molecule has 2 aromatic rings. The van der Waals surface area contributed by atoms with Crippen molar-refractivity contribution >= 4 is 17.7 Å². The van der Waals surface area contributed by atoms with Crippen LogP contribution in [0.1, 0.15) is 49.5 Å². The topological polar surface area (TPSA) is 88.2 Å². The highest BCUT2D eigenvalue weighted by molar-refractivity contribution is 6.05. The molecule has 1 N–H and O–H groups in total. The Morgan fingerprint density at radius 2 is 2.03 bits per heavy atom. The summed E-state index contributed by atoms with van der Waals surface area (Å²) in [6.45, 7) is 0.910. The van der Waals surface area contributed by atoms with Crippen molar-refractivity contribution in [2.45, 2.75) is 38.6 Å². The molecule has 5 rings (SSSR count). The zero-order valence-corrected chi connectivity index (χ0v) is 18.2. The van der Waals surface area contributed by atoms with Crippen LogP contribution < -0.4 is 10.1 Å². The molecule has 2 fully saturated rings. The summed E-state index contributed by atoms with van der Waals surface area (Å²) in [6.07, 6.45) is -0.497. The molecular weight excluding hydrogens is 441 g/mol. The van der Waals surface area contributed by atoms with E-state index in [2.05, 4.69) is 0 Å². The van der Waals surface area contributed by atoms with Crippen LogP contribution in [0.4, 0.5) is 4.39 Å². The van der Waals surface area contributed by atoms with Crippen molar-refractivity contribution in [3.05, 3.63) is 64.3 Å². The molecule has 9 heteroatoms. The molecule has 0 bridgehead atoms. The Kier molecular flexibility index (Phi) is 4.36. The van der Waals surface area contributed by atoms with Gasteiger partial charge in [-0.05, 0) is 30.1 Å². The quantitative estimate of drug-likeness (QED) is 0.645. The summed E-state index contributed by atoms with van der Waals surface area (Å²) in [5, 5.41) is 2.03. The van der Waals surface area contributed by atoms with Crippen LogP contribution >= 0.6 is 0 Å². The van der Waals surface area contributed by atoms with E-state index in [0.717, 1.165) is 4.90 Å². The van der Waals surface area contributed by atoms with Crippen LogP contribution in [0.2, 0.25) is 0 Å². The Labute approximate surface area is 206 Å². The SMILES string of the molecule is [2H]c1c([2H])c(OCc2c([2H])c([2H])c(CN3CCOCC3)c([2H])c2F)c2c(c1[2H])C(=O)N([C@]1([2H])CCC(=O)NC1=O)C2. The minimum atomic E-state index is -2.19. The van der Waals surface area contributed by atoms with E-state index in [-0.39, 0.29) is 47.9 Å². The zero-order valence-electron chi connectivity index (χ0n) is 25.2. The number of imide groups is 1. The van der Waals surface area contributed by atoms with E-state index in [1.54, 1.807) is 0 Å². The fourth-order valence-electron chi connectivity index (χ4n) is 4.07. The summed E-state index contributed by atoms with van der Waals surface area (Å²) in [5.74, 6) is -4.00. The lowest BCUT2D eigenvalue weighted by Gasteiger charge is -2.29. The lowest BCUT2D eigenvalue weighted by atomic mass is 10.0. The molecule has 2 aromatic carbocycles. The first kappa shape index (κ1) is 15.6. The predicted octanol–water partition coefficient (Wildman–Crippen LogP) is 2.00. The summed E-state index contributed by atoms with van der Waals surface area (Å²) in [4.78, 5) is 40.2. The molecule has 3 aliphatic rings. The number of piperidine rings is 1. The van der Waals surface area contributed by atoms with Gasteiger partial charge in [0.05, 0.1) is 29.4 Å². The number of hydrogen-bond donors (Lipinski definition) is 1. The van der Waals surface area contributed by atoms with Gasteiger partial charge in [0.1, 0.15) is 24.2 Å². The lowest BCUT2D eigenvalue weighted by Crippen LogP contribution is -2.52. The first-order valence-corrected chi connectivity index (χ1v) is 10.9. The molecule has 0 saturated carbocycles. The van der Waals surface area contributed by atoms with Crippen molar-refractivity contribution in [2.24, 2.45) is 0 Å². The fraction of sp³-hybridized carbons (Fsp3) is 0.400. The number of morpholine rings is 1. The van der Waals surface area contributed by atoms with Crippen LogP contribution in [0.25, 0.3) is 0 Å². The van der Waals surface area contributed by atoms with Crippen LogP contribution in [-0.4, -0.2) is 59.8 Å². The highest BCUT2D eigenvalue weighted by atomic mass is 19.1. The molecule has 8 nitrogen and oxygen atoms in total. The Hall–Kier alpha value is -3.30. The molecular formula is C25H26FN3O5. The standard InChI is InChI=1S/C25H26FN3O5/c26-20-12-16(13-28-8-10-33-11-9-28)4-5-17(20)15-34-22-3-1-2-18-19(22)14-29(25(18)32)21-6-7-23(30)27-24(21)31/h1-5,12,21H,6-11,13-15H2,(H,27,30,31)/t21-/m1/s1/i1D,2D,3D,4D,5D,12D,21D. The van der Waals surface area contributed by atoms with Gasteiger partial charge in [0.2, 0.25) is 11.8 Å². The largest absolute Gasteiger partial charge is 0.488 e. The van der Waals surface area contributed by atoms with Crippen molar-refractivity contribution in [1.29, 1.82) is 0 Å². The van der Waals surface area contributed by atoms with Crippen molar-refractivity contribution in [1.82, 2.24) is 15.1 Å². The van der Waals surface area contributed by atoms with Gasteiger partial charge in [-0.15, -0.1) is 0 Å². The highest BCUT2D eigenvalue weighted by Gasteiger charge is 2.40. The number of carbonyl (C=O) groups excluding carboxylic acids is 3. The van der Waals surface area contributed by atoms with E-state index in [1.807, 2.05) is 10.2 Å². The lowest BCUT2D eigenvalue weighted by molar-refractivity contribution is -0.136. The van der Waals surface area contributed by atoms with Crippen LogP contribution in [0.15, 0.2) is 36.3 Å². The second kappa shape index (κ2) is 9.52. The maximum absolute atomic E-state index is 15.4. The molecule has 1 atom stereocenters. The third-order valence-corrected chi connectivity index (χ3v) is 5.88. The second-order valence-corrected chi connectivity index (χ2v) is 8.10. The summed E-state index contributed by atoms with van der Waals surface area (Å²) < 4.78 is 84.9. The Balaban J connectivity index is 1.47. The van der Waals surface area contributed by atoms with Crippen molar-refractivity contribution in [3.63, 3.8) is 0 Å². The van der Waals surface area contributed by atoms with E-state index in [4.69, 9.17) is 19.1 Å². The van der Waals surface area contributed by atoms with Gasteiger partial charge in [-0.25, -0.2) is 4.39 Å². The molecule has 34 heavy (non-hydrogen) atoms. The van der Waals surface area contributed by atoms with Crippen molar-refractivity contribution in [3.8, 4) is 5.75 Å².